The predicted molar refractivity (Wildman–Crippen MR) is 165 cm³/mol. The Labute approximate surface area is 257 Å². The molecule has 0 bridgehead atoms. The number of esters is 2. The molecule has 2 aromatic carbocycles. The Morgan fingerprint density at radius 1 is 0.750 bits per heavy atom. The van der Waals surface area contributed by atoms with Crippen LogP contribution in [0.5, 0.6) is 0 Å². The van der Waals surface area contributed by atoms with Gasteiger partial charge in [0.25, 0.3) is 5.91 Å². The van der Waals surface area contributed by atoms with Crippen LogP contribution < -0.4 is 21.7 Å². The first-order valence-corrected chi connectivity index (χ1v) is 14.2. The number of nitrogens with two attached hydrogens (primary N) is 1. The average molecular weight is 610 g/mol. The van der Waals surface area contributed by atoms with Crippen molar-refractivity contribution in [2.45, 2.75) is 90.6 Å². The third kappa shape index (κ3) is 12.2. The van der Waals surface area contributed by atoms with Gasteiger partial charge in [-0.2, -0.15) is 0 Å². The molecular formula is C32H43N5O7. The van der Waals surface area contributed by atoms with Crippen LogP contribution in [0.15, 0.2) is 54.6 Å². The number of carbonyl (C=O) groups excluding carboxylic acids is 5. The highest BCUT2D eigenvalue weighted by molar-refractivity contribution is 6.00. The van der Waals surface area contributed by atoms with Crippen molar-refractivity contribution >= 4 is 35.5 Å². The molecule has 6 N–H and O–H groups in total. The normalized spacial score (nSPS) is 13.4. The standard InChI is InChI=1S/C32H43N5O7/c1-19(35-28(40)22-15-13-21(14-16-22)26(33)34)27(39)36-23(18-25(38)43-31(2,3)4)29(41)37-24(30(42)44-32(5,6)7)17-20-11-9-8-10-12-20/h8-16,19,23-24H,17-18H2,1-7H3,(H3,33,34)(H,35,40)(H,36,39)(H,37,41)/t19-,23-,24-/m0/s1. The zero-order chi connectivity index (χ0) is 33.2. The average Bonchev–Trinajstić information content (AvgIpc) is 2.90. The van der Waals surface area contributed by atoms with E-state index in [1.807, 2.05) is 6.07 Å². The minimum absolute atomic E-state index is 0.101. The van der Waals surface area contributed by atoms with Crippen molar-refractivity contribution in [3.05, 3.63) is 71.3 Å². The summed E-state index contributed by atoms with van der Waals surface area (Å²) in [7, 11) is 0. The molecule has 0 saturated carbocycles. The zero-order valence-corrected chi connectivity index (χ0v) is 26.3. The van der Waals surface area contributed by atoms with Crippen LogP contribution in [-0.4, -0.2) is 64.8 Å². The second-order valence-corrected chi connectivity index (χ2v) is 12.3. The number of ether oxygens (including phenoxy) is 2. The first kappa shape index (κ1) is 35.5. The molecule has 44 heavy (non-hydrogen) atoms. The van der Waals surface area contributed by atoms with Crippen molar-refractivity contribution in [1.82, 2.24) is 16.0 Å². The van der Waals surface area contributed by atoms with Crippen LogP contribution in [0.2, 0.25) is 0 Å². The van der Waals surface area contributed by atoms with Crippen LogP contribution in [0.3, 0.4) is 0 Å². The second kappa shape index (κ2) is 15.1. The molecule has 12 nitrogen and oxygen atoms in total. The monoisotopic (exact) mass is 609 g/mol. The maximum Gasteiger partial charge on any atom is 0.329 e. The van der Waals surface area contributed by atoms with Gasteiger partial charge < -0.3 is 31.2 Å². The molecule has 238 valence electrons. The third-order valence-corrected chi connectivity index (χ3v) is 5.91. The summed E-state index contributed by atoms with van der Waals surface area (Å²) >= 11 is 0. The van der Waals surface area contributed by atoms with Gasteiger partial charge in [-0.3, -0.25) is 24.6 Å². The molecule has 0 spiro atoms. The summed E-state index contributed by atoms with van der Waals surface area (Å²) in [6, 6.07) is 11.2. The van der Waals surface area contributed by atoms with E-state index in [1.165, 1.54) is 31.2 Å². The summed E-state index contributed by atoms with van der Waals surface area (Å²) in [4.78, 5) is 65.2. The number of rotatable bonds is 12. The minimum Gasteiger partial charge on any atom is -0.460 e. The molecule has 0 aliphatic carbocycles. The summed E-state index contributed by atoms with van der Waals surface area (Å²) in [5, 5.41) is 15.1. The van der Waals surface area contributed by atoms with Crippen LogP contribution in [0, 0.1) is 5.41 Å². The van der Waals surface area contributed by atoms with E-state index in [-0.39, 0.29) is 17.8 Å². The maximum atomic E-state index is 13.5. The first-order chi connectivity index (χ1) is 20.3. The molecule has 3 atom stereocenters. The number of amidine groups is 1. The summed E-state index contributed by atoms with van der Waals surface area (Å²) in [5.41, 5.74) is 5.17. The lowest BCUT2D eigenvalue weighted by Crippen LogP contribution is -2.56. The Bertz CT molecular complexity index is 1350. The molecule has 0 fully saturated rings. The van der Waals surface area contributed by atoms with Crippen LogP contribution >= 0.6 is 0 Å². The Balaban J connectivity index is 2.25. The van der Waals surface area contributed by atoms with Gasteiger partial charge >= 0.3 is 11.9 Å². The highest BCUT2D eigenvalue weighted by Gasteiger charge is 2.33. The van der Waals surface area contributed by atoms with E-state index in [0.717, 1.165) is 5.56 Å². The lowest BCUT2D eigenvalue weighted by Gasteiger charge is -2.27. The molecule has 0 aromatic heterocycles. The molecule has 0 radical (unpaired) electrons. The van der Waals surface area contributed by atoms with Crippen molar-refractivity contribution < 1.29 is 33.4 Å². The number of benzene rings is 2. The Morgan fingerprint density at radius 2 is 1.27 bits per heavy atom. The topological polar surface area (TPSA) is 190 Å². The smallest absolute Gasteiger partial charge is 0.329 e. The van der Waals surface area contributed by atoms with Gasteiger partial charge in [0.05, 0.1) is 6.42 Å². The van der Waals surface area contributed by atoms with Gasteiger partial charge in [-0.25, -0.2) is 4.79 Å². The third-order valence-electron chi connectivity index (χ3n) is 5.91. The van der Waals surface area contributed by atoms with Gasteiger partial charge in [0.2, 0.25) is 11.8 Å². The van der Waals surface area contributed by atoms with Crippen LogP contribution in [-0.2, 0) is 35.1 Å². The molecule has 0 saturated heterocycles. The quantitative estimate of drug-likeness (QED) is 0.138. The van der Waals surface area contributed by atoms with Crippen LogP contribution in [0.25, 0.3) is 0 Å². The number of nitrogen functional groups attached to an aromatic ring is 1. The van der Waals surface area contributed by atoms with E-state index >= 15 is 0 Å². The van der Waals surface area contributed by atoms with Gasteiger partial charge in [0, 0.05) is 17.5 Å². The van der Waals surface area contributed by atoms with Crippen molar-refractivity contribution in [1.29, 1.82) is 5.41 Å². The summed E-state index contributed by atoms with van der Waals surface area (Å²) < 4.78 is 10.9. The number of carbonyl (C=O) groups is 5. The summed E-state index contributed by atoms with van der Waals surface area (Å²) in [5.74, 6) is -3.74. The van der Waals surface area contributed by atoms with E-state index in [0.29, 0.717) is 5.56 Å². The van der Waals surface area contributed by atoms with Gasteiger partial charge in [-0.15, -0.1) is 0 Å². The molecule has 12 heteroatoms. The largest absolute Gasteiger partial charge is 0.460 e. The van der Waals surface area contributed by atoms with Gasteiger partial charge in [0.1, 0.15) is 35.2 Å². The fourth-order valence-electron chi connectivity index (χ4n) is 3.89. The summed E-state index contributed by atoms with van der Waals surface area (Å²) in [6.07, 6.45) is -0.433. The molecule has 2 rings (SSSR count). The lowest BCUT2D eigenvalue weighted by molar-refractivity contribution is -0.159. The zero-order valence-electron chi connectivity index (χ0n) is 26.3. The fraction of sp³-hybridized carbons (Fsp3) is 0.438. The molecule has 3 amide bonds. The van der Waals surface area contributed by atoms with Gasteiger partial charge in [-0.05, 0) is 66.2 Å². The number of nitrogens with one attached hydrogen (secondary N) is 4. The molecule has 0 aliphatic rings. The lowest BCUT2D eigenvalue weighted by atomic mass is 10.0. The highest BCUT2D eigenvalue weighted by atomic mass is 16.6. The minimum atomic E-state index is -1.44. The van der Waals surface area contributed by atoms with E-state index in [4.69, 9.17) is 20.6 Å². The van der Waals surface area contributed by atoms with Crippen molar-refractivity contribution in [2.24, 2.45) is 5.73 Å². The van der Waals surface area contributed by atoms with Crippen LogP contribution in [0.1, 0.15) is 76.4 Å². The number of amides is 3. The van der Waals surface area contributed by atoms with E-state index in [1.54, 1.807) is 65.8 Å². The van der Waals surface area contributed by atoms with E-state index in [9.17, 15) is 24.0 Å². The molecule has 0 aliphatic heterocycles. The predicted octanol–water partition coefficient (Wildman–Crippen LogP) is 2.37. The number of hydrogen-bond acceptors (Lipinski definition) is 8. The molecule has 0 heterocycles. The van der Waals surface area contributed by atoms with Gasteiger partial charge in [-0.1, -0.05) is 42.5 Å². The van der Waals surface area contributed by atoms with E-state index in [2.05, 4.69) is 16.0 Å². The first-order valence-electron chi connectivity index (χ1n) is 14.2. The van der Waals surface area contributed by atoms with Crippen molar-refractivity contribution in [3.63, 3.8) is 0 Å². The highest BCUT2D eigenvalue weighted by Crippen LogP contribution is 2.14. The Hall–Kier alpha value is -4.74. The maximum absolute atomic E-state index is 13.5. The SMILES string of the molecule is C[C@H](NC(=O)c1ccc(C(=N)N)cc1)C(=O)N[C@@H](CC(=O)OC(C)(C)C)C(=O)N[C@@H](Cc1ccccc1)C(=O)OC(C)(C)C. The molecular weight excluding hydrogens is 566 g/mol. The number of hydrogen-bond donors (Lipinski definition) is 5. The molecule has 2 aromatic rings. The van der Waals surface area contributed by atoms with Crippen LogP contribution in [0.4, 0.5) is 0 Å². The fourth-order valence-corrected chi connectivity index (χ4v) is 3.89. The Kier molecular flexibility index (Phi) is 12.2. The Morgan fingerprint density at radius 3 is 1.80 bits per heavy atom. The van der Waals surface area contributed by atoms with Crippen molar-refractivity contribution in [2.75, 3.05) is 0 Å². The van der Waals surface area contributed by atoms with Crippen molar-refractivity contribution in [3.8, 4) is 0 Å². The molecule has 0 unspecified atom stereocenters. The van der Waals surface area contributed by atoms with Gasteiger partial charge in [0.15, 0.2) is 0 Å². The second-order valence-electron chi connectivity index (χ2n) is 12.3. The summed E-state index contributed by atoms with van der Waals surface area (Å²) in [6.45, 7) is 11.5. The van der Waals surface area contributed by atoms with E-state index < -0.39 is 65.4 Å².